The van der Waals surface area contributed by atoms with Crippen molar-refractivity contribution < 1.29 is 0 Å². The topological polar surface area (TPSA) is 43.8 Å². The Morgan fingerprint density at radius 3 is 2.29 bits per heavy atom. The van der Waals surface area contributed by atoms with Gasteiger partial charge in [0.05, 0.1) is 11.7 Å². The molecule has 0 aliphatic carbocycles. The second kappa shape index (κ2) is 6.20. The summed E-state index contributed by atoms with van der Waals surface area (Å²) in [7, 11) is 0. The summed E-state index contributed by atoms with van der Waals surface area (Å²) in [5, 5.41) is 4.72. The summed E-state index contributed by atoms with van der Waals surface area (Å²) >= 11 is 0. The summed E-state index contributed by atoms with van der Waals surface area (Å²) in [6, 6.07) is 0.538. The average Bonchev–Trinajstić information content (AvgIpc) is 2.59. The molecule has 0 aromatic carbocycles. The van der Waals surface area contributed by atoms with Crippen LogP contribution in [0.2, 0.25) is 0 Å². The van der Waals surface area contributed by atoms with Crippen molar-refractivity contribution in [1.29, 1.82) is 0 Å². The number of rotatable bonds is 6. The van der Waals surface area contributed by atoms with Gasteiger partial charge < -0.3 is 5.73 Å². The molecule has 2 N–H and O–H groups in total. The van der Waals surface area contributed by atoms with Crippen molar-refractivity contribution in [1.82, 2.24) is 9.78 Å². The Kier molecular flexibility index (Phi) is 5.19. The molecule has 0 amide bonds. The lowest BCUT2D eigenvalue weighted by Gasteiger charge is -2.16. The van der Waals surface area contributed by atoms with Crippen molar-refractivity contribution >= 4 is 0 Å². The fraction of sp³-hybridized carbons (Fsp3) is 0.786. The molecule has 0 aliphatic heterocycles. The van der Waals surface area contributed by atoms with E-state index in [0.717, 1.165) is 25.8 Å². The van der Waals surface area contributed by atoms with E-state index in [2.05, 4.69) is 39.3 Å². The molecular formula is C14H27N3. The van der Waals surface area contributed by atoms with Gasteiger partial charge in [-0.3, -0.25) is 4.68 Å². The van der Waals surface area contributed by atoms with E-state index < -0.39 is 0 Å². The van der Waals surface area contributed by atoms with Crippen LogP contribution in [0.4, 0.5) is 0 Å². The molecule has 0 saturated heterocycles. The minimum atomic E-state index is 0.534. The minimum Gasteiger partial charge on any atom is -0.330 e. The van der Waals surface area contributed by atoms with Gasteiger partial charge in [0.2, 0.25) is 0 Å². The van der Waals surface area contributed by atoms with Crippen LogP contribution in [0.15, 0.2) is 0 Å². The Morgan fingerprint density at radius 1 is 1.24 bits per heavy atom. The number of aryl methyl sites for hydroxylation is 1. The van der Waals surface area contributed by atoms with E-state index in [0.29, 0.717) is 12.0 Å². The zero-order valence-electron chi connectivity index (χ0n) is 12.0. The molecule has 0 spiro atoms. The Hall–Kier alpha value is -0.830. The Bertz CT molecular complexity index is 351. The first-order valence-electron chi connectivity index (χ1n) is 6.79. The van der Waals surface area contributed by atoms with Crippen LogP contribution >= 0.6 is 0 Å². The van der Waals surface area contributed by atoms with Crippen LogP contribution in [0.5, 0.6) is 0 Å². The summed E-state index contributed by atoms with van der Waals surface area (Å²) in [4.78, 5) is 0. The molecule has 1 aromatic rings. The molecule has 1 atom stereocenters. The van der Waals surface area contributed by atoms with E-state index in [1.54, 1.807) is 0 Å². The van der Waals surface area contributed by atoms with Gasteiger partial charge >= 0.3 is 0 Å². The Morgan fingerprint density at radius 2 is 1.82 bits per heavy atom. The van der Waals surface area contributed by atoms with Gasteiger partial charge in [-0.25, -0.2) is 0 Å². The highest BCUT2D eigenvalue weighted by Gasteiger charge is 2.17. The third-order valence-corrected chi connectivity index (χ3v) is 3.72. The van der Waals surface area contributed by atoms with Crippen LogP contribution in [0.25, 0.3) is 0 Å². The minimum absolute atomic E-state index is 0.534. The van der Waals surface area contributed by atoms with Crippen molar-refractivity contribution in [3.63, 3.8) is 0 Å². The van der Waals surface area contributed by atoms with Crippen molar-refractivity contribution in [2.24, 2.45) is 11.7 Å². The molecule has 98 valence electrons. The van der Waals surface area contributed by atoms with Crippen LogP contribution in [0.1, 0.15) is 56.6 Å². The van der Waals surface area contributed by atoms with Gasteiger partial charge in [-0.2, -0.15) is 5.10 Å². The molecule has 0 aliphatic rings. The number of aromatic nitrogens is 2. The van der Waals surface area contributed by atoms with E-state index in [1.165, 1.54) is 17.0 Å². The zero-order valence-corrected chi connectivity index (χ0v) is 12.0. The van der Waals surface area contributed by atoms with Crippen LogP contribution in [0.3, 0.4) is 0 Å². The quantitative estimate of drug-likeness (QED) is 0.826. The average molecular weight is 237 g/mol. The molecule has 3 nitrogen and oxygen atoms in total. The van der Waals surface area contributed by atoms with Gasteiger partial charge in [-0.05, 0) is 51.1 Å². The third kappa shape index (κ3) is 3.09. The van der Waals surface area contributed by atoms with Gasteiger partial charge in [0, 0.05) is 5.69 Å². The third-order valence-electron chi connectivity index (χ3n) is 3.72. The van der Waals surface area contributed by atoms with Crippen molar-refractivity contribution in [2.45, 2.75) is 59.9 Å². The van der Waals surface area contributed by atoms with Gasteiger partial charge in [-0.15, -0.1) is 0 Å². The molecule has 1 heterocycles. The highest BCUT2D eigenvalue weighted by molar-refractivity contribution is 5.25. The SMILES string of the molecule is CCC(CC)n1nc(C)c(CC(C)CN)c1C. The normalized spacial score (nSPS) is 13.4. The number of nitrogens with two attached hydrogens (primary N) is 1. The maximum atomic E-state index is 5.71. The van der Waals surface area contributed by atoms with Crippen LogP contribution in [0, 0.1) is 19.8 Å². The molecule has 3 heteroatoms. The maximum absolute atomic E-state index is 5.71. The fourth-order valence-corrected chi connectivity index (χ4v) is 2.41. The van der Waals surface area contributed by atoms with Crippen molar-refractivity contribution in [3.8, 4) is 0 Å². The molecule has 0 saturated carbocycles. The molecule has 1 unspecified atom stereocenters. The Labute approximate surface area is 105 Å². The van der Waals surface area contributed by atoms with Crippen LogP contribution in [-0.4, -0.2) is 16.3 Å². The molecule has 17 heavy (non-hydrogen) atoms. The number of hydrogen-bond donors (Lipinski definition) is 1. The molecule has 0 bridgehead atoms. The highest BCUT2D eigenvalue weighted by Crippen LogP contribution is 2.23. The lowest BCUT2D eigenvalue weighted by Crippen LogP contribution is -2.14. The van der Waals surface area contributed by atoms with Gasteiger partial charge in [0.15, 0.2) is 0 Å². The fourth-order valence-electron chi connectivity index (χ4n) is 2.41. The molecule has 0 fully saturated rings. The monoisotopic (exact) mass is 237 g/mol. The maximum Gasteiger partial charge on any atom is 0.0628 e. The zero-order chi connectivity index (χ0) is 13.0. The predicted octanol–water partition coefficient (Wildman–Crippen LogP) is 3.00. The van der Waals surface area contributed by atoms with E-state index in [4.69, 9.17) is 10.8 Å². The van der Waals surface area contributed by atoms with E-state index in [9.17, 15) is 0 Å². The first-order chi connectivity index (χ1) is 8.04. The van der Waals surface area contributed by atoms with E-state index in [-0.39, 0.29) is 0 Å². The molecule has 0 radical (unpaired) electrons. The standard InChI is InChI=1S/C14H27N3/c1-6-13(7-2)17-12(5)14(11(4)16-17)8-10(3)9-15/h10,13H,6-9,15H2,1-5H3. The van der Waals surface area contributed by atoms with Gasteiger partial charge in [0.1, 0.15) is 0 Å². The summed E-state index contributed by atoms with van der Waals surface area (Å²) < 4.78 is 2.22. The lowest BCUT2D eigenvalue weighted by atomic mass is 9.99. The van der Waals surface area contributed by atoms with Crippen LogP contribution in [-0.2, 0) is 6.42 Å². The van der Waals surface area contributed by atoms with Crippen molar-refractivity contribution in [2.75, 3.05) is 6.54 Å². The predicted molar refractivity (Wildman–Crippen MR) is 73.2 cm³/mol. The smallest absolute Gasteiger partial charge is 0.0628 e. The summed E-state index contributed by atoms with van der Waals surface area (Å²) in [6.07, 6.45) is 3.34. The summed E-state index contributed by atoms with van der Waals surface area (Å²) in [6.45, 7) is 11.7. The first kappa shape index (κ1) is 14.2. The second-order valence-electron chi connectivity index (χ2n) is 5.11. The molecule has 1 rings (SSSR count). The second-order valence-corrected chi connectivity index (χ2v) is 5.11. The van der Waals surface area contributed by atoms with E-state index >= 15 is 0 Å². The molecular weight excluding hydrogens is 210 g/mol. The van der Waals surface area contributed by atoms with Crippen LogP contribution < -0.4 is 5.73 Å². The number of nitrogens with zero attached hydrogens (tertiary/aromatic N) is 2. The lowest BCUT2D eigenvalue weighted by molar-refractivity contribution is 0.417. The summed E-state index contributed by atoms with van der Waals surface area (Å²) in [5.74, 6) is 0.534. The van der Waals surface area contributed by atoms with E-state index in [1.807, 2.05) is 0 Å². The molecule has 1 aromatic heterocycles. The highest BCUT2D eigenvalue weighted by atomic mass is 15.3. The number of hydrogen-bond acceptors (Lipinski definition) is 2. The Balaban J connectivity index is 3.00. The largest absolute Gasteiger partial charge is 0.330 e. The van der Waals surface area contributed by atoms with Crippen molar-refractivity contribution in [3.05, 3.63) is 17.0 Å². The first-order valence-corrected chi connectivity index (χ1v) is 6.79. The van der Waals surface area contributed by atoms with Gasteiger partial charge in [0.25, 0.3) is 0 Å². The summed E-state index contributed by atoms with van der Waals surface area (Å²) in [5.41, 5.74) is 9.62. The van der Waals surface area contributed by atoms with Gasteiger partial charge in [-0.1, -0.05) is 20.8 Å².